The maximum Gasteiger partial charge on any atom is 0.332 e. The molecule has 0 saturated heterocycles. The van der Waals surface area contributed by atoms with Gasteiger partial charge in [-0.25, -0.2) is 4.79 Å². The zero-order chi connectivity index (χ0) is 20.4. The van der Waals surface area contributed by atoms with Crippen molar-refractivity contribution in [3.8, 4) is 0 Å². The van der Waals surface area contributed by atoms with Crippen molar-refractivity contribution < 1.29 is 9.59 Å². The summed E-state index contributed by atoms with van der Waals surface area (Å²) in [7, 11) is 0. The number of benzene rings is 1. The lowest BCUT2D eigenvalue weighted by Crippen LogP contribution is -2.42. The molecule has 0 saturated carbocycles. The van der Waals surface area contributed by atoms with E-state index in [4.69, 9.17) is 0 Å². The molecule has 1 amide bonds. The van der Waals surface area contributed by atoms with E-state index in [9.17, 15) is 19.2 Å². The summed E-state index contributed by atoms with van der Waals surface area (Å²) in [5, 5.41) is 4.46. The smallest absolute Gasteiger partial charge is 0.325 e. The van der Waals surface area contributed by atoms with E-state index in [0.717, 1.165) is 0 Å². The first-order valence-corrected chi connectivity index (χ1v) is 9.77. The predicted octanol–water partition coefficient (Wildman–Crippen LogP) is 2.72. The molecule has 3 aromatic rings. The Balaban J connectivity index is 1.92. The fourth-order valence-electron chi connectivity index (χ4n) is 2.94. The van der Waals surface area contributed by atoms with Crippen LogP contribution in [0.3, 0.4) is 0 Å². The van der Waals surface area contributed by atoms with Crippen LogP contribution in [0.15, 0.2) is 45.3 Å². The van der Waals surface area contributed by atoms with E-state index >= 15 is 0 Å². The first-order chi connectivity index (χ1) is 13.3. The predicted molar refractivity (Wildman–Crippen MR) is 110 cm³/mol. The van der Waals surface area contributed by atoms with Crippen LogP contribution < -0.4 is 16.6 Å². The molecule has 0 fully saturated rings. The Labute approximate surface area is 165 Å². The Morgan fingerprint density at radius 3 is 2.36 bits per heavy atom. The van der Waals surface area contributed by atoms with Crippen molar-refractivity contribution in [2.45, 2.75) is 33.9 Å². The summed E-state index contributed by atoms with van der Waals surface area (Å²) in [4.78, 5) is 49.3. The second-order valence-corrected chi connectivity index (χ2v) is 7.91. The summed E-state index contributed by atoms with van der Waals surface area (Å²) in [6.45, 7) is 5.40. The van der Waals surface area contributed by atoms with Crippen LogP contribution in [0.2, 0.25) is 0 Å². The highest BCUT2D eigenvalue weighted by atomic mass is 32.1. The highest BCUT2D eigenvalue weighted by molar-refractivity contribution is 7.17. The Kier molecular flexibility index (Phi) is 5.60. The van der Waals surface area contributed by atoms with Gasteiger partial charge in [-0.1, -0.05) is 13.8 Å². The third kappa shape index (κ3) is 3.96. The Morgan fingerprint density at radius 1 is 1.07 bits per heavy atom. The zero-order valence-electron chi connectivity index (χ0n) is 15.9. The molecule has 1 aromatic carbocycles. The Hall–Kier alpha value is -3.00. The van der Waals surface area contributed by atoms with Crippen LogP contribution in [0.5, 0.6) is 0 Å². The topological polar surface area (TPSA) is 90.2 Å². The van der Waals surface area contributed by atoms with Gasteiger partial charge in [0.2, 0.25) is 5.91 Å². The van der Waals surface area contributed by atoms with E-state index < -0.39 is 5.69 Å². The highest BCUT2D eigenvalue weighted by Gasteiger charge is 2.17. The minimum atomic E-state index is -0.494. The first-order valence-electron chi connectivity index (χ1n) is 8.89. The van der Waals surface area contributed by atoms with Gasteiger partial charge in [-0.05, 0) is 48.6 Å². The Morgan fingerprint density at radius 2 is 1.75 bits per heavy atom. The third-order valence-corrected chi connectivity index (χ3v) is 5.15. The highest BCUT2D eigenvalue weighted by Crippen LogP contribution is 2.16. The zero-order valence-corrected chi connectivity index (χ0v) is 16.7. The fourth-order valence-corrected chi connectivity index (χ4v) is 3.79. The molecule has 0 unspecified atom stereocenters. The molecule has 0 aliphatic carbocycles. The minimum absolute atomic E-state index is 0.0586. The third-order valence-electron chi connectivity index (χ3n) is 4.26. The van der Waals surface area contributed by atoms with Crippen molar-refractivity contribution in [1.82, 2.24) is 9.13 Å². The van der Waals surface area contributed by atoms with Gasteiger partial charge in [0.15, 0.2) is 5.78 Å². The average molecular weight is 399 g/mol. The second kappa shape index (κ2) is 7.93. The molecule has 0 atom stereocenters. The van der Waals surface area contributed by atoms with Gasteiger partial charge in [-0.3, -0.25) is 23.5 Å². The van der Waals surface area contributed by atoms with Gasteiger partial charge in [0.1, 0.15) is 11.2 Å². The number of thiophene rings is 1. The van der Waals surface area contributed by atoms with Gasteiger partial charge >= 0.3 is 5.69 Å². The van der Waals surface area contributed by atoms with Crippen molar-refractivity contribution in [3.05, 3.63) is 62.1 Å². The summed E-state index contributed by atoms with van der Waals surface area (Å²) in [5.74, 6) is -0.332. The van der Waals surface area contributed by atoms with Crippen LogP contribution in [0.4, 0.5) is 5.69 Å². The summed E-state index contributed by atoms with van der Waals surface area (Å²) in [5.41, 5.74) is 0.726. The van der Waals surface area contributed by atoms with Crippen LogP contribution >= 0.6 is 11.3 Å². The number of hydrogen-bond donors (Lipinski definition) is 1. The van der Waals surface area contributed by atoms with Crippen molar-refractivity contribution in [1.29, 1.82) is 0 Å². The number of anilines is 1. The summed E-state index contributed by atoms with van der Waals surface area (Å²) in [6.07, 6.45) is 0. The number of nitrogens with one attached hydrogen (secondary N) is 1. The molecule has 7 nitrogen and oxygen atoms in total. The number of nitrogens with zero attached hydrogens (tertiary/aromatic N) is 2. The number of carbonyl (C=O) groups excluding carboxylic acids is 2. The lowest BCUT2D eigenvalue weighted by atomic mass is 10.1. The molecule has 1 N–H and O–H groups in total. The lowest BCUT2D eigenvalue weighted by molar-refractivity contribution is -0.116. The molecule has 0 bridgehead atoms. The normalized spacial score (nSPS) is 11.1. The average Bonchev–Trinajstić information content (AvgIpc) is 3.12. The lowest BCUT2D eigenvalue weighted by Gasteiger charge is -2.13. The van der Waals surface area contributed by atoms with Crippen molar-refractivity contribution in [2.24, 2.45) is 5.92 Å². The maximum atomic E-state index is 12.9. The number of Topliss-reactive ketones (excluding diaryl/α,β-unsaturated/α-hetero) is 1. The molecule has 2 aromatic heterocycles. The van der Waals surface area contributed by atoms with E-state index in [0.29, 0.717) is 28.0 Å². The van der Waals surface area contributed by atoms with Gasteiger partial charge in [0.05, 0.1) is 5.52 Å². The molecule has 2 heterocycles. The van der Waals surface area contributed by atoms with E-state index in [-0.39, 0.29) is 29.7 Å². The van der Waals surface area contributed by atoms with Gasteiger partial charge in [-0.2, -0.15) is 0 Å². The van der Waals surface area contributed by atoms with E-state index in [1.54, 1.807) is 35.7 Å². The minimum Gasteiger partial charge on any atom is -0.325 e. The number of aromatic nitrogens is 2. The van der Waals surface area contributed by atoms with Gasteiger partial charge < -0.3 is 5.32 Å². The van der Waals surface area contributed by atoms with E-state index in [1.165, 1.54) is 27.4 Å². The SMILES string of the molecule is CC(=O)c1ccc(NC(=O)Cn2c(=O)n(CC(C)C)c(=O)c3sccc32)cc1. The molecule has 3 rings (SSSR count). The molecular weight excluding hydrogens is 378 g/mol. The summed E-state index contributed by atoms with van der Waals surface area (Å²) >= 11 is 1.26. The number of hydrogen-bond acceptors (Lipinski definition) is 5. The van der Waals surface area contributed by atoms with Gasteiger partial charge in [-0.15, -0.1) is 11.3 Å². The molecule has 146 valence electrons. The fraction of sp³-hybridized carbons (Fsp3) is 0.300. The van der Waals surface area contributed by atoms with Crippen LogP contribution in [0.1, 0.15) is 31.1 Å². The van der Waals surface area contributed by atoms with Crippen LogP contribution in [0, 0.1) is 5.92 Å². The number of rotatable bonds is 6. The largest absolute Gasteiger partial charge is 0.332 e. The number of amides is 1. The molecule has 28 heavy (non-hydrogen) atoms. The van der Waals surface area contributed by atoms with Crippen LogP contribution in [-0.2, 0) is 17.9 Å². The van der Waals surface area contributed by atoms with Gasteiger partial charge in [0, 0.05) is 17.8 Å². The molecule has 0 aliphatic rings. The van der Waals surface area contributed by atoms with Crippen LogP contribution in [-0.4, -0.2) is 20.8 Å². The quantitative estimate of drug-likeness (QED) is 0.646. The van der Waals surface area contributed by atoms with Crippen molar-refractivity contribution in [2.75, 3.05) is 5.32 Å². The number of ketones is 1. The van der Waals surface area contributed by atoms with E-state index in [2.05, 4.69) is 5.32 Å². The first kappa shape index (κ1) is 19.8. The Bertz CT molecular complexity index is 1150. The molecular formula is C20H21N3O4S. The number of carbonyl (C=O) groups is 2. The van der Waals surface area contributed by atoms with Crippen LogP contribution in [0.25, 0.3) is 10.2 Å². The standard InChI is InChI=1S/C20H21N3O4S/c1-12(2)10-23-19(26)18-16(8-9-28-18)22(20(23)27)11-17(25)21-15-6-4-14(5-7-15)13(3)24/h4-9,12H,10-11H2,1-3H3,(H,21,25). The van der Waals surface area contributed by atoms with Crippen molar-refractivity contribution >= 4 is 38.9 Å². The molecule has 0 radical (unpaired) electrons. The monoisotopic (exact) mass is 399 g/mol. The molecule has 0 spiro atoms. The van der Waals surface area contributed by atoms with Crippen molar-refractivity contribution in [3.63, 3.8) is 0 Å². The number of fused-ring (bicyclic) bond motifs is 1. The molecule has 0 aliphatic heterocycles. The summed E-state index contributed by atoms with van der Waals surface area (Å²) in [6, 6.07) is 8.21. The summed E-state index contributed by atoms with van der Waals surface area (Å²) < 4.78 is 2.98. The second-order valence-electron chi connectivity index (χ2n) is 7.00. The van der Waals surface area contributed by atoms with Gasteiger partial charge in [0.25, 0.3) is 5.56 Å². The maximum absolute atomic E-state index is 12.9. The van der Waals surface area contributed by atoms with E-state index in [1.807, 2.05) is 13.8 Å². The molecule has 8 heteroatoms.